The molecule has 1 N–H and O–H groups in total. The minimum Gasteiger partial charge on any atom is -0.329 e. The first-order chi connectivity index (χ1) is 6.68. The van der Waals surface area contributed by atoms with Gasteiger partial charge in [-0.3, -0.25) is 14.9 Å². The molecular formula is C8H6N2O3S. The number of hydrogen-bond donors (Lipinski definition) is 1. The summed E-state index contributed by atoms with van der Waals surface area (Å²) < 4.78 is 2.93. The summed E-state index contributed by atoms with van der Waals surface area (Å²) in [6, 6.07) is 4.24. The fourth-order valence-corrected chi connectivity index (χ4v) is 1.91. The van der Waals surface area contributed by atoms with Crippen molar-refractivity contribution in [3.05, 3.63) is 33.9 Å². The lowest BCUT2D eigenvalue weighted by Crippen LogP contribution is -2.13. The van der Waals surface area contributed by atoms with E-state index in [2.05, 4.69) is 4.72 Å². The van der Waals surface area contributed by atoms with Crippen LogP contribution in [0.15, 0.2) is 18.2 Å². The molecule has 5 nitrogen and oxygen atoms in total. The standard InChI is InChI=1S/C8H6N2O3S/c11-8-4-14-9-7-2-1-5(10(12)13)3-6(7)8/h1-3,9H,4H2. The van der Waals surface area contributed by atoms with Crippen molar-refractivity contribution in [1.29, 1.82) is 0 Å². The maximum atomic E-state index is 11.4. The highest BCUT2D eigenvalue weighted by atomic mass is 32.2. The van der Waals surface area contributed by atoms with Crippen LogP contribution in [0.25, 0.3) is 0 Å². The van der Waals surface area contributed by atoms with E-state index < -0.39 is 4.92 Å². The lowest BCUT2D eigenvalue weighted by Gasteiger charge is -2.14. The molecule has 1 aromatic carbocycles. The molecule has 0 saturated heterocycles. The van der Waals surface area contributed by atoms with Gasteiger partial charge >= 0.3 is 0 Å². The van der Waals surface area contributed by atoms with Gasteiger partial charge < -0.3 is 4.72 Å². The minimum atomic E-state index is -0.505. The molecule has 0 amide bonds. The molecule has 72 valence electrons. The SMILES string of the molecule is O=C1CSNc2ccc([N+](=O)[O-])cc21. The summed E-state index contributed by atoms with van der Waals surface area (Å²) in [5, 5.41) is 10.5. The Balaban J connectivity index is 2.51. The van der Waals surface area contributed by atoms with E-state index in [0.717, 1.165) is 0 Å². The zero-order chi connectivity index (χ0) is 10.1. The number of carbonyl (C=O) groups excluding carboxylic acids is 1. The highest BCUT2D eigenvalue weighted by Gasteiger charge is 2.20. The van der Waals surface area contributed by atoms with Crippen LogP contribution in [0, 0.1) is 10.1 Å². The Hall–Kier alpha value is -1.56. The molecule has 1 heterocycles. The molecule has 0 spiro atoms. The Morgan fingerprint density at radius 2 is 2.29 bits per heavy atom. The second-order valence-electron chi connectivity index (χ2n) is 2.80. The van der Waals surface area contributed by atoms with Gasteiger partial charge in [0.25, 0.3) is 5.69 Å². The number of carbonyl (C=O) groups is 1. The lowest BCUT2D eigenvalue weighted by atomic mass is 10.1. The molecule has 0 saturated carbocycles. The van der Waals surface area contributed by atoms with Crippen molar-refractivity contribution in [1.82, 2.24) is 0 Å². The third-order valence-electron chi connectivity index (χ3n) is 1.90. The van der Waals surface area contributed by atoms with E-state index in [1.165, 1.54) is 24.1 Å². The number of nitro groups is 1. The van der Waals surface area contributed by atoms with E-state index in [1.807, 2.05) is 0 Å². The molecule has 0 bridgehead atoms. The highest BCUT2D eigenvalue weighted by molar-refractivity contribution is 8.01. The molecule has 0 aromatic heterocycles. The molecule has 0 radical (unpaired) electrons. The Bertz CT molecular complexity index is 419. The summed E-state index contributed by atoms with van der Waals surface area (Å²) in [4.78, 5) is 21.3. The van der Waals surface area contributed by atoms with Crippen molar-refractivity contribution in [3.8, 4) is 0 Å². The summed E-state index contributed by atoms with van der Waals surface area (Å²) in [6.07, 6.45) is 0. The van der Waals surface area contributed by atoms with Gasteiger partial charge in [0.15, 0.2) is 5.78 Å². The largest absolute Gasteiger partial charge is 0.329 e. The number of fused-ring (bicyclic) bond motifs is 1. The number of benzene rings is 1. The number of nitrogens with zero attached hydrogens (tertiary/aromatic N) is 1. The molecule has 0 atom stereocenters. The number of nitro benzene ring substituents is 1. The third kappa shape index (κ3) is 1.44. The van der Waals surface area contributed by atoms with E-state index >= 15 is 0 Å². The predicted octanol–water partition coefficient (Wildman–Crippen LogP) is 1.85. The van der Waals surface area contributed by atoms with Crippen LogP contribution in [-0.4, -0.2) is 16.5 Å². The average Bonchev–Trinajstić information content (AvgIpc) is 2.18. The van der Waals surface area contributed by atoms with E-state index in [-0.39, 0.29) is 11.5 Å². The first kappa shape index (κ1) is 9.01. The van der Waals surface area contributed by atoms with Gasteiger partial charge in [-0.1, -0.05) is 0 Å². The van der Waals surface area contributed by atoms with Crippen molar-refractivity contribution in [2.45, 2.75) is 0 Å². The van der Waals surface area contributed by atoms with E-state index in [4.69, 9.17) is 0 Å². The molecule has 0 aliphatic carbocycles. The minimum absolute atomic E-state index is 0.0502. The van der Waals surface area contributed by atoms with Gasteiger partial charge in [-0.25, -0.2) is 0 Å². The average molecular weight is 210 g/mol. The van der Waals surface area contributed by atoms with Gasteiger partial charge in [-0.05, 0) is 18.0 Å². The fourth-order valence-electron chi connectivity index (χ4n) is 1.22. The Kier molecular flexibility index (Phi) is 2.12. The number of hydrogen-bond acceptors (Lipinski definition) is 5. The first-order valence-corrected chi connectivity index (χ1v) is 4.86. The quantitative estimate of drug-likeness (QED) is 0.435. The van der Waals surface area contributed by atoms with Crippen LogP contribution in [0.1, 0.15) is 10.4 Å². The number of nitrogens with one attached hydrogen (secondary N) is 1. The smallest absolute Gasteiger partial charge is 0.270 e. The number of rotatable bonds is 1. The zero-order valence-corrected chi connectivity index (χ0v) is 7.84. The summed E-state index contributed by atoms with van der Waals surface area (Å²) in [5.74, 6) is 0.237. The van der Waals surface area contributed by atoms with Crippen LogP contribution in [-0.2, 0) is 0 Å². The molecule has 6 heteroatoms. The Morgan fingerprint density at radius 3 is 3.00 bits per heavy atom. The van der Waals surface area contributed by atoms with E-state index in [0.29, 0.717) is 17.0 Å². The Labute approximate surface area is 83.8 Å². The zero-order valence-electron chi connectivity index (χ0n) is 7.02. The maximum absolute atomic E-state index is 11.4. The summed E-state index contributed by atoms with van der Waals surface area (Å²) >= 11 is 1.29. The number of Topliss-reactive ketones (excluding diaryl/α,β-unsaturated/α-hetero) is 1. The van der Waals surface area contributed by atoms with Gasteiger partial charge in [-0.2, -0.15) is 0 Å². The molecule has 1 aliphatic heterocycles. The molecular weight excluding hydrogens is 204 g/mol. The highest BCUT2D eigenvalue weighted by Crippen LogP contribution is 2.28. The van der Waals surface area contributed by atoms with Crippen molar-refractivity contribution >= 4 is 29.1 Å². The summed E-state index contributed by atoms with van der Waals surface area (Å²) in [5.41, 5.74) is 1.00. The third-order valence-corrected chi connectivity index (χ3v) is 2.67. The first-order valence-electron chi connectivity index (χ1n) is 3.88. The monoisotopic (exact) mass is 210 g/mol. The lowest BCUT2D eigenvalue weighted by molar-refractivity contribution is -0.384. The number of anilines is 1. The van der Waals surface area contributed by atoms with Gasteiger partial charge in [0, 0.05) is 17.7 Å². The molecule has 0 unspecified atom stereocenters. The summed E-state index contributed by atoms with van der Waals surface area (Å²) in [7, 11) is 0. The van der Waals surface area contributed by atoms with Gasteiger partial charge in [-0.15, -0.1) is 0 Å². The fraction of sp³-hybridized carbons (Fsp3) is 0.125. The topological polar surface area (TPSA) is 72.2 Å². The van der Waals surface area contributed by atoms with Crippen LogP contribution in [0.4, 0.5) is 11.4 Å². The van der Waals surface area contributed by atoms with Crippen LogP contribution in [0.5, 0.6) is 0 Å². The molecule has 2 rings (SSSR count). The molecule has 1 aromatic rings. The van der Waals surface area contributed by atoms with Gasteiger partial charge in [0.1, 0.15) is 0 Å². The van der Waals surface area contributed by atoms with Gasteiger partial charge in [0.2, 0.25) is 0 Å². The molecule has 0 fully saturated rings. The molecule has 14 heavy (non-hydrogen) atoms. The van der Waals surface area contributed by atoms with Crippen LogP contribution in [0.2, 0.25) is 0 Å². The molecule has 1 aliphatic rings. The van der Waals surface area contributed by atoms with Crippen molar-refractivity contribution < 1.29 is 9.72 Å². The van der Waals surface area contributed by atoms with Crippen molar-refractivity contribution in [3.63, 3.8) is 0 Å². The maximum Gasteiger partial charge on any atom is 0.270 e. The second kappa shape index (κ2) is 3.30. The van der Waals surface area contributed by atoms with Crippen LogP contribution < -0.4 is 4.72 Å². The van der Waals surface area contributed by atoms with Crippen LogP contribution >= 0.6 is 11.9 Å². The van der Waals surface area contributed by atoms with Crippen molar-refractivity contribution in [2.75, 3.05) is 10.5 Å². The Morgan fingerprint density at radius 1 is 1.50 bits per heavy atom. The summed E-state index contributed by atoms with van der Waals surface area (Å²) in [6.45, 7) is 0. The van der Waals surface area contributed by atoms with E-state index in [1.54, 1.807) is 6.07 Å². The second-order valence-corrected chi connectivity index (χ2v) is 3.58. The van der Waals surface area contributed by atoms with Gasteiger partial charge in [0.05, 0.1) is 16.4 Å². The predicted molar refractivity (Wildman–Crippen MR) is 53.5 cm³/mol. The van der Waals surface area contributed by atoms with Crippen LogP contribution in [0.3, 0.4) is 0 Å². The van der Waals surface area contributed by atoms with E-state index in [9.17, 15) is 14.9 Å². The van der Waals surface area contributed by atoms with Crippen molar-refractivity contribution in [2.24, 2.45) is 0 Å². The number of non-ortho nitro benzene ring substituents is 1. The normalized spacial score (nSPS) is 14.4. The number of ketones is 1.